The molecule has 12 nitrogen and oxygen atoms in total. The Balaban J connectivity index is 1.10. The number of aromatic nitrogens is 3. The normalized spacial score (nSPS) is 25.6. The topological polar surface area (TPSA) is 134 Å². The van der Waals surface area contributed by atoms with Crippen molar-refractivity contribution in [3.05, 3.63) is 47.2 Å². The first-order chi connectivity index (χ1) is 25.6. The molecule has 3 N–H and O–H groups in total. The van der Waals surface area contributed by atoms with Gasteiger partial charge >= 0.3 is 12.1 Å². The van der Waals surface area contributed by atoms with Crippen LogP contribution in [0, 0.1) is 23.0 Å². The maximum Gasteiger partial charge on any atom is 0.409 e. The third-order valence-corrected chi connectivity index (χ3v) is 12.0. The lowest BCUT2D eigenvalue weighted by molar-refractivity contribution is 0.0747. The van der Waals surface area contributed by atoms with Crippen LogP contribution >= 0.6 is 0 Å². The molecule has 4 aromatic rings. The highest BCUT2D eigenvalue weighted by Crippen LogP contribution is 2.49. The fourth-order valence-electron chi connectivity index (χ4n) is 8.99. The average molecular weight is 730 g/mol. The molecule has 280 valence electrons. The van der Waals surface area contributed by atoms with E-state index in [2.05, 4.69) is 15.5 Å². The lowest BCUT2D eigenvalue weighted by Crippen LogP contribution is -2.55. The highest BCUT2D eigenvalue weighted by molar-refractivity contribution is 6.02. The van der Waals surface area contributed by atoms with Crippen LogP contribution in [0.4, 0.5) is 13.6 Å². The van der Waals surface area contributed by atoms with E-state index in [9.17, 15) is 9.90 Å². The fourth-order valence-corrected chi connectivity index (χ4v) is 8.99. The van der Waals surface area contributed by atoms with Crippen LogP contribution in [0.15, 0.2) is 24.3 Å². The number of hydrogen-bond donors (Lipinski definition) is 3. The zero-order valence-electron chi connectivity index (χ0n) is 30.3. The Labute approximate surface area is 306 Å². The van der Waals surface area contributed by atoms with Crippen molar-refractivity contribution in [2.45, 2.75) is 76.2 Å². The molecule has 1 amide bonds. The molecule has 4 fully saturated rings. The van der Waals surface area contributed by atoms with Crippen molar-refractivity contribution in [2.75, 3.05) is 47.0 Å². The van der Waals surface area contributed by atoms with Crippen LogP contribution in [-0.4, -0.2) is 101 Å². The van der Waals surface area contributed by atoms with Crippen molar-refractivity contribution < 1.29 is 32.9 Å². The molecule has 4 aliphatic heterocycles. The van der Waals surface area contributed by atoms with Gasteiger partial charge < -0.3 is 24.2 Å². The first-order valence-corrected chi connectivity index (χ1v) is 18.8. The Morgan fingerprint density at radius 3 is 2.75 bits per heavy atom. The number of ether oxygens (including phenoxy) is 3. The summed E-state index contributed by atoms with van der Waals surface area (Å²) in [6.45, 7) is 4.57. The number of pyridine rings is 1. The van der Waals surface area contributed by atoms with Crippen LogP contribution in [0.1, 0.15) is 62.7 Å². The summed E-state index contributed by atoms with van der Waals surface area (Å²) in [4.78, 5) is 30.4. The summed E-state index contributed by atoms with van der Waals surface area (Å²) in [7, 11) is 3.35. The van der Waals surface area contributed by atoms with Crippen LogP contribution in [0.25, 0.3) is 32.9 Å². The van der Waals surface area contributed by atoms with Gasteiger partial charge in [-0.15, -0.1) is 0 Å². The number of carbonyl (C=O) groups is 1. The third-order valence-electron chi connectivity index (χ3n) is 12.0. The molecule has 1 aliphatic carbocycles. The molecule has 3 saturated heterocycles. The van der Waals surface area contributed by atoms with Crippen molar-refractivity contribution in [1.82, 2.24) is 35.4 Å². The molecule has 5 atom stereocenters. The molecular formula is C39H45F2N7O5. The zero-order valence-corrected chi connectivity index (χ0v) is 30.3. The van der Waals surface area contributed by atoms with E-state index in [0.717, 1.165) is 51.6 Å². The number of nitrogens with one attached hydrogen (secondary N) is 2. The van der Waals surface area contributed by atoms with Gasteiger partial charge in [0.1, 0.15) is 29.4 Å². The molecule has 2 aromatic heterocycles. The number of halogens is 2. The highest BCUT2D eigenvalue weighted by Gasteiger charge is 2.48. The van der Waals surface area contributed by atoms with Gasteiger partial charge in [-0.05, 0) is 86.0 Å². The van der Waals surface area contributed by atoms with E-state index in [4.69, 9.17) is 29.2 Å². The standard InChI is InChI=1S/C39H45F2N7O5/c1-4-23-26(40)8-7-20-14-22(49)15-24(29(20)23)32-31(41)34-30-35(33-25(17-51-36(30)44-32)27-9-10-28(42-27)43-33)46-37(45-34)53-19-39(11-12-39)18-48-13-5-6-21(48)16-52-38(50)47(2)3/h7-8,14-15,21,25,27-28,33,42-43,49H,4-6,9-13,16-19H2,1-3H3/t21-,25-,27-,28+,33?/m0/s1. The lowest BCUT2D eigenvalue weighted by Gasteiger charge is -2.37. The summed E-state index contributed by atoms with van der Waals surface area (Å²) in [5.41, 5.74) is 1.05. The van der Waals surface area contributed by atoms with Crippen molar-refractivity contribution in [1.29, 1.82) is 0 Å². The molecule has 1 saturated carbocycles. The quantitative estimate of drug-likeness (QED) is 0.203. The summed E-state index contributed by atoms with van der Waals surface area (Å²) in [5, 5.41) is 19.5. The predicted molar refractivity (Wildman–Crippen MR) is 193 cm³/mol. The highest BCUT2D eigenvalue weighted by atomic mass is 19.1. The van der Waals surface area contributed by atoms with E-state index in [1.165, 1.54) is 17.0 Å². The second-order valence-electron chi connectivity index (χ2n) is 15.7. The molecule has 2 bridgehead atoms. The molecule has 9 rings (SSSR count). The first-order valence-electron chi connectivity index (χ1n) is 18.8. The van der Waals surface area contributed by atoms with Crippen LogP contribution in [-0.2, 0) is 11.2 Å². The van der Waals surface area contributed by atoms with Gasteiger partial charge in [0.2, 0.25) is 5.88 Å². The second kappa shape index (κ2) is 13.2. The maximum atomic E-state index is 17.2. The summed E-state index contributed by atoms with van der Waals surface area (Å²) in [6.07, 6.45) is 5.97. The van der Waals surface area contributed by atoms with E-state index in [1.54, 1.807) is 26.2 Å². The number of nitrogens with zero attached hydrogens (tertiary/aromatic N) is 5. The van der Waals surface area contributed by atoms with Gasteiger partial charge in [-0.1, -0.05) is 13.0 Å². The van der Waals surface area contributed by atoms with Crippen LogP contribution < -0.4 is 20.1 Å². The second-order valence-corrected chi connectivity index (χ2v) is 15.7. The Morgan fingerprint density at radius 1 is 1.11 bits per heavy atom. The number of aryl methyl sites for hydroxylation is 1. The average Bonchev–Trinajstić information content (AvgIpc) is 3.65. The van der Waals surface area contributed by atoms with Gasteiger partial charge in [0.15, 0.2) is 5.82 Å². The van der Waals surface area contributed by atoms with E-state index in [0.29, 0.717) is 53.7 Å². The maximum absolute atomic E-state index is 17.2. The number of phenols is 1. The molecule has 0 radical (unpaired) electrons. The van der Waals surface area contributed by atoms with Crippen LogP contribution in [0.2, 0.25) is 0 Å². The molecule has 0 spiro atoms. The van der Waals surface area contributed by atoms with E-state index in [-0.39, 0.29) is 76.1 Å². The van der Waals surface area contributed by atoms with Gasteiger partial charge in [-0.25, -0.2) is 18.6 Å². The molecule has 1 unspecified atom stereocenters. The number of carbonyl (C=O) groups excluding carboxylic acids is 1. The predicted octanol–water partition coefficient (Wildman–Crippen LogP) is 5.44. The van der Waals surface area contributed by atoms with Gasteiger partial charge in [0.05, 0.1) is 36.5 Å². The minimum Gasteiger partial charge on any atom is -0.508 e. The van der Waals surface area contributed by atoms with E-state index in [1.807, 2.05) is 6.92 Å². The van der Waals surface area contributed by atoms with Crippen LogP contribution in [0.3, 0.4) is 0 Å². The van der Waals surface area contributed by atoms with Gasteiger partial charge in [-0.2, -0.15) is 9.97 Å². The van der Waals surface area contributed by atoms with Gasteiger partial charge in [0.25, 0.3) is 0 Å². The minimum absolute atomic E-state index is 0.00808. The summed E-state index contributed by atoms with van der Waals surface area (Å²) < 4.78 is 50.8. The molecule has 14 heteroatoms. The number of hydrogen-bond acceptors (Lipinski definition) is 11. The molecule has 2 aromatic carbocycles. The Bertz CT molecular complexity index is 2110. The van der Waals surface area contributed by atoms with E-state index < -0.39 is 11.6 Å². The third kappa shape index (κ3) is 6.08. The molecule has 6 heterocycles. The minimum atomic E-state index is -0.720. The Hall–Kier alpha value is -4.40. The largest absolute Gasteiger partial charge is 0.508 e. The smallest absolute Gasteiger partial charge is 0.409 e. The SMILES string of the molecule is CCc1c(F)ccc2cc(O)cc(-c3nc4c5c(nc(OCC6(CN7CCC[C@H]7COC(=O)N(C)C)CC6)nc5c3F)C3N[C@@H]5CC[C@H](N5)[C@@H]3CO4)c12. The number of likely N-dealkylation sites (tertiary alicyclic amines) is 1. The summed E-state index contributed by atoms with van der Waals surface area (Å²) in [6, 6.07) is 6.07. The number of rotatable bonds is 9. The number of aromatic hydroxyl groups is 1. The lowest BCUT2D eigenvalue weighted by atomic mass is 9.88. The Morgan fingerprint density at radius 2 is 1.96 bits per heavy atom. The van der Waals surface area contributed by atoms with Gasteiger partial charge in [-0.3, -0.25) is 15.5 Å². The van der Waals surface area contributed by atoms with E-state index >= 15 is 8.78 Å². The Kier molecular flexibility index (Phi) is 8.54. The number of benzene rings is 2. The molecule has 53 heavy (non-hydrogen) atoms. The number of phenolic OH excluding ortho intramolecular Hbond substituents is 1. The molecular weight excluding hydrogens is 684 g/mol. The summed E-state index contributed by atoms with van der Waals surface area (Å²) in [5.74, 6) is -1.03. The number of fused-ring (bicyclic) bond motifs is 6. The first kappa shape index (κ1) is 34.4. The van der Waals surface area contributed by atoms with Crippen molar-refractivity contribution in [3.63, 3.8) is 0 Å². The van der Waals surface area contributed by atoms with Crippen molar-refractivity contribution in [3.8, 4) is 28.9 Å². The van der Waals surface area contributed by atoms with Crippen molar-refractivity contribution in [2.24, 2.45) is 11.3 Å². The monoisotopic (exact) mass is 729 g/mol. The molecule has 5 aliphatic rings. The zero-order chi connectivity index (χ0) is 36.6. The van der Waals surface area contributed by atoms with Crippen LogP contribution in [0.5, 0.6) is 17.6 Å². The number of amides is 1. The van der Waals surface area contributed by atoms with Gasteiger partial charge in [0, 0.05) is 49.6 Å². The fraction of sp³-hybridized carbons (Fsp3) is 0.538. The summed E-state index contributed by atoms with van der Waals surface area (Å²) >= 11 is 0. The van der Waals surface area contributed by atoms with Crippen molar-refractivity contribution >= 4 is 27.8 Å².